The monoisotopic (exact) mass is 343 g/mol. The van der Waals surface area contributed by atoms with Gasteiger partial charge in [0.15, 0.2) is 0 Å². The van der Waals surface area contributed by atoms with Crippen molar-refractivity contribution in [2.75, 3.05) is 0 Å². The molecule has 0 aliphatic rings. The average Bonchev–Trinajstić information content (AvgIpc) is 3.00. The predicted molar refractivity (Wildman–Crippen MR) is 108 cm³/mol. The van der Waals surface area contributed by atoms with Crippen LogP contribution in [0.4, 0.5) is 0 Å². The molecule has 0 radical (unpaired) electrons. The Balaban J connectivity index is 1.74. The van der Waals surface area contributed by atoms with E-state index in [2.05, 4.69) is 77.4 Å². The van der Waals surface area contributed by atoms with Gasteiger partial charge in [0.05, 0.1) is 0 Å². The first-order valence-corrected chi connectivity index (χ1v) is 8.73. The van der Waals surface area contributed by atoms with E-state index in [4.69, 9.17) is 11.6 Å². The topological polar surface area (TPSA) is 4.93 Å². The molecule has 0 fully saturated rings. The summed E-state index contributed by atoms with van der Waals surface area (Å²) in [5.41, 5.74) is 4.88. The largest absolute Gasteiger partial charge is 0.336 e. The first-order chi connectivity index (χ1) is 12.3. The van der Waals surface area contributed by atoms with Crippen LogP contribution in [0.25, 0.3) is 23.1 Å². The first kappa shape index (κ1) is 15.7. The van der Waals surface area contributed by atoms with Crippen LogP contribution in [0, 0.1) is 0 Å². The fraction of sp³-hybridized carbons (Fsp3) is 0.0435. The van der Waals surface area contributed by atoms with Gasteiger partial charge in [-0.05, 0) is 41.5 Å². The van der Waals surface area contributed by atoms with Gasteiger partial charge in [-0.15, -0.1) is 0 Å². The Morgan fingerprint density at radius 1 is 0.760 bits per heavy atom. The average molecular weight is 344 g/mol. The van der Waals surface area contributed by atoms with Crippen LogP contribution < -0.4 is 0 Å². The van der Waals surface area contributed by atoms with Crippen molar-refractivity contribution in [1.82, 2.24) is 4.57 Å². The van der Waals surface area contributed by atoms with Crippen LogP contribution in [0.3, 0.4) is 0 Å². The SMILES string of the molecule is Clc1ccc(/C=C/c2cc3ccccc3n2Cc2ccccc2)cc1. The lowest BCUT2D eigenvalue weighted by Gasteiger charge is -2.09. The Morgan fingerprint density at radius 2 is 1.48 bits per heavy atom. The third-order valence-electron chi connectivity index (χ3n) is 4.34. The Morgan fingerprint density at radius 3 is 2.28 bits per heavy atom. The summed E-state index contributed by atoms with van der Waals surface area (Å²) in [4.78, 5) is 0. The summed E-state index contributed by atoms with van der Waals surface area (Å²) in [5.74, 6) is 0. The number of hydrogen-bond acceptors (Lipinski definition) is 0. The van der Waals surface area contributed by atoms with Crippen molar-refractivity contribution in [3.63, 3.8) is 0 Å². The highest BCUT2D eigenvalue weighted by atomic mass is 35.5. The van der Waals surface area contributed by atoms with Crippen LogP contribution in [-0.2, 0) is 6.54 Å². The maximum absolute atomic E-state index is 5.97. The molecule has 1 aromatic heterocycles. The van der Waals surface area contributed by atoms with E-state index in [-0.39, 0.29) is 0 Å². The second-order valence-corrected chi connectivity index (χ2v) is 6.52. The van der Waals surface area contributed by atoms with E-state index in [1.54, 1.807) is 0 Å². The lowest BCUT2D eigenvalue weighted by Crippen LogP contribution is -2.01. The van der Waals surface area contributed by atoms with E-state index >= 15 is 0 Å². The van der Waals surface area contributed by atoms with Crippen molar-refractivity contribution in [2.45, 2.75) is 6.54 Å². The molecule has 25 heavy (non-hydrogen) atoms. The van der Waals surface area contributed by atoms with Gasteiger partial charge >= 0.3 is 0 Å². The molecular weight excluding hydrogens is 326 g/mol. The molecule has 1 heterocycles. The Hall–Kier alpha value is -2.77. The number of halogens is 1. The van der Waals surface area contributed by atoms with E-state index in [9.17, 15) is 0 Å². The molecule has 122 valence electrons. The summed E-state index contributed by atoms with van der Waals surface area (Å²) >= 11 is 5.97. The minimum atomic E-state index is 0.760. The molecule has 0 N–H and O–H groups in total. The molecule has 2 heteroatoms. The van der Waals surface area contributed by atoms with E-state index in [0.717, 1.165) is 17.1 Å². The van der Waals surface area contributed by atoms with Crippen LogP contribution in [0.1, 0.15) is 16.8 Å². The van der Waals surface area contributed by atoms with Crippen molar-refractivity contribution in [3.05, 3.63) is 107 Å². The van der Waals surface area contributed by atoms with Crippen LogP contribution in [-0.4, -0.2) is 4.57 Å². The second kappa shape index (κ2) is 7.00. The first-order valence-electron chi connectivity index (χ1n) is 8.35. The quantitative estimate of drug-likeness (QED) is 0.398. The molecule has 4 aromatic rings. The van der Waals surface area contributed by atoms with Gasteiger partial charge in [0.2, 0.25) is 0 Å². The zero-order valence-corrected chi connectivity index (χ0v) is 14.5. The fourth-order valence-corrected chi connectivity index (χ4v) is 3.19. The summed E-state index contributed by atoms with van der Waals surface area (Å²) in [5, 5.41) is 2.02. The van der Waals surface area contributed by atoms with Gasteiger partial charge in [-0.25, -0.2) is 0 Å². The van der Waals surface area contributed by atoms with E-state index in [1.807, 2.05) is 24.3 Å². The number of benzene rings is 3. The molecule has 0 aliphatic carbocycles. The Kier molecular flexibility index (Phi) is 4.41. The van der Waals surface area contributed by atoms with Crippen molar-refractivity contribution in [1.29, 1.82) is 0 Å². The summed E-state index contributed by atoms with van der Waals surface area (Å²) in [6.07, 6.45) is 4.30. The van der Waals surface area contributed by atoms with Crippen LogP contribution >= 0.6 is 11.6 Å². The molecule has 0 spiro atoms. The summed E-state index contributed by atoms with van der Waals surface area (Å²) in [6, 6.07) is 29.2. The molecule has 4 rings (SSSR count). The maximum atomic E-state index is 5.97. The second-order valence-electron chi connectivity index (χ2n) is 6.08. The molecule has 0 amide bonds. The molecule has 0 bridgehead atoms. The van der Waals surface area contributed by atoms with Crippen LogP contribution in [0.5, 0.6) is 0 Å². The van der Waals surface area contributed by atoms with Crippen molar-refractivity contribution in [2.24, 2.45) is 0 Å². The minimum absolute atomic E-state index is 0.760. The molecule has 1 nitrogen and oxygen atoms in total. The lowest BCUT2D eigenvalue weighted by atomic mass is 10.2. The van der Waals surface area contributed by atoms with E-state index in [0.29, 0.717) is 0 Å². The van der Waals surface area contributed by atoms with Gasteiger partial charge in [-0.2, -0.15) is 0 Å². The molecule has 0 saturated heterocycles. The minimum Gasteiger partial charge on any atom is -0.336 e. The third-order valence-corrected chi connectivity index (χ3v) is 4.59. The van der Waals surface area contributed by atoms with Gasteiger partial charge in [0, 0.05) is 28.2 Å². The van der Waals surface area contributed by atoms with Crippen molar-refractivity contribution in [3.8, 4) is 0 Å². The standard InChI is InChI=1S/C23H18ClN/c24-21-13-10-18(11-14-21)12-15-22-16-20-8-4-5-9-23(20)25(22)17-19-6-2-1-3-7-19/h1-16H,17H2/b15-12+. The molecule has 0 aliphatic heterocycles. The summed E-state index contributed by atoms with van der Waals surface area (Å²) in [6.45, 7) is 0.856. The normalized spacial score (nSPS) is 11.4. The lowest BCUT2D eigenvalue weighted by molar-refractivity contribution is 0.828. The molecule has 0 saturated carbocycles. The van der Waals surface area contributed by atoms with Gasteiger partial charge in [-0.1, -0.05) is 78.3 Å². The smallest absolute Gasteiger partial charge is 0.0488 e. The van der Waals surface area contributed by atoms with Gasteiger partial charge < -0.3 is 4.57 Å². The van der Waals surface area contributed by atoms with E-state index < -0.39 is 0 Å². The molecule has 0 unspecified atom stereocenters. The van der Waals surface area contributed by atoms with Crippen LogP contribution in [0.2, 0.25) is 5.02 Å². The Bertz CT molecular complexity index is 1010. The zero-order valence-electron chi connectivity index (χ0n) is 13.8. The number of fused-ring (bicyclic) bond motifs is 1. The number of rotatable bonds is 4. The van der Waals surface area contributed by atoms with Gasteiger partial charge in [0.1, 0.15) is 0 Å². The van der Waals surface area contributed by atoms with Crippen molar-refractivity contribution < 1.29 is 0 Å². The molecule has 0 atom stereocenters. The third kappa shape index (κ3) is 3.52. The highest BCUT2D eigenvalue weighted by Crippen LogP contribution is 2.23. The maximum Gasteiger partial charge on any atom is 0.0488 e. The molecule has 3 aromatic carbocycles. The number of aromatic nitrogens is 1. The molecular formula is C23H18ClN. The van der Waals surface area contributed by atoms with Gasteiger partial charge in [0.25, 0.3) is 0 Å². The zero-order chi connectivity index (χ0) is 17.1. The Labute approximate surface area is 152 Å². The highest BCUT2D eigenvalue weighted by Gasteiger charge is 2.07. The van der Waals surface area contributed by atoms with Crippen molar-refractivity contribution >= 4 is 34.7 Å². The number of para-hydroxylation sites is 1. The summed E-state index contributed by atoms with van der Waals surface area (Å²) in [7, 11) is 0. The summed E-state index contributed by atoms with van der Waals surface area (Å²) < 4.78 is 2.36. The number of hydrogen-bond donors (Lipinski definition) is 0. The highest BCUT2D eigenvalue weighted by molar-refractivity contribution is 6.30. The fourth-order valence-electron chi connectivity index (χ4n) is 3.07. The number of nitrogens with zero attached hydrogens (tertiary/aromatic N) is 1. The van der Waals surface area contributed by atoms with E-state index in [1.165, 1.54) is 22.2 Å². The van der Waals surface area contributed by atoms with Crippen LogP contribution in [0.15, 0.2) is 84.9 Å². The predicted octanol–water partition coefficient (Wildman–Crippen LogP) is 6.51. The van der Waals surface area contributed by atoms with Gasteiger partial charge in [-0.3, -0.25) is 0 Å².